The van der Waals surface area contributed by atoms with Crippen molar-refractivity contribution in [2.24, 2.45) is 0 Å². The zero-order valence-corrected chi connectivity index (χ0v) is 12.9. The maximum Gasteiger partial charge on any atom is 0.180 e. The summed E-state index contributed by atoms with van der Waals surface area (Å²) in [7, 11) is 0. The number of furan rings is 1. The van der Waals surface area contributed by atoms with Crippen LogP contribution in [0.1, 0.15) is 11.3 Å². The van der Waals surface area contributed by atoms with Gasteiger partial charge in [-0.3, -0.25) is 4.40 Å². The first-order chi connectivity index (χ1) is 11.8. The normalized spacial score (nSPS) is 11.0. The standard InChI is InChI=1S/C18H16N4O2/c23-12-13-3-5-14(6-4-13)16-11-21-18-17(19-7-8-22(16)18)20-10-15-2-1-9-24-15/h1-9,11,23H,10,12H2,(H,19,20). The van der Waals surface area contributed by atoms with E-state index in [9.17, 15) is 0 Å². The van der Waals surface area contributed by atoms with Crippen LogP contribution in [0.5, 0.6) is 0 Å². The summed E-state index contributed by atoms with van der Waals surface area (Å²) in [6.07, 6.45) is 7.10. The number of rotatable bonds is 5. The van der Waals surface area contributed by atoms with Crippen LogP contribution in [-0.4, -0.2) is 19.5 Å². The summed E-state index contributed by atoms with van der Waals surface area (Å²) in [6.45, 7) is 0.589. The Labute approximate surface area is 138 Å². The fourth-order valence-corrected chi connectivity index (χ4v) is 2.62. The number of anilines is 1. The summed E-state index contributed by atoms with van der Waals surface area (Å²) in [5, 5.41) is 12.4. The molecule has 1 aromatic carbocycles. The van der Waals surface area contributed by atoms with Crippen LogP contribution in [0, 0.1) is 0 Å². The van der Waals surface area contributed by atoms with Crippen LogP contribution < -0.4 is 5.32 Å². The summed E-state index contributed by atoms with van der Waals surface area (Å²) in [6, 6.07) is 11.5. The van der Waals surface area contributed by atoms with Gasteiger partial charge in [-0.05, 0) is 17.7 Å². The molecule has 2 N–H and O–H groups in total. The maximum atomic E-state index is 9.16. The molecule has 0 aliphatic carbocycles. The van der Waals surface area contributed by atoms with Crippen molar-refractivity contribution in [3.63, 3.8) is 0 Å². The van der Waals surface area contributed by atoms with E-state index in [2.05, 4.69) is 15.3 Å². The van der Waals surface area contributed by atoms with E-state index in [1.165, 1.54) is 0 Å². The van der Waals surface area contributed by atoms with E-state index in [4.69, 9.17) is 9.52 Å². The second-order valence-electron chi connectivity index (χ2n) is 5.40. The van der Waals surface area contributed by atoms with Gasteiger partial charge in [-0.1, -0.05) is 24.3 Å². The molecular formula is C18H16N4O2. The van der Waals surface area contributed by atoms with Gasteiger partial charge in [0.1, 0.15) is 5.76 Å². The first-order valence-electron chi connectivity index (χ1n) is 7.63. The minimum atomic E-state index is 0.0399. The Morgan fingerprint density at radius 2 is 2.00 bits per heavy atom. The van der Waals surface area contributed by atoms with E-state index < -0.39 is 0 Å². The lowest BCUT2D eigenvalue weighted by Gasteiger charge is -2.07. The van der Waals surface area contributed by atoms with Crippen LogP contribution in [0.25, 0.3) is 16.9 Å². The van der Waals surface area contributed by atoms with Crippen LogP contribution in [0.2, 0.25) is 0 Å². The molecule has 4 aromatic rings. The third-order valence-electron chi connectivity index (χ3n) is 3.87. The van der Waals surface area contributed by atoms with E-state index in [0.717, 1.165) is 28.2 Å². The summed E-state index contributed by atoms with van der Waals surface area (Å²) < 4.78 is 7.32. The highest BCUT2D eigenvalue weighted by Crippen LogP contribution is 2.24. The van der Waals surface area contributed by atoms with Crippen molar-refractivity contribution in [3.05, 3.63) is 72.6 Å². The predicted molar refractivity (Wildman–Crippen MR) is 90.4 cm³/mol. The lowest BCUT2D eigenvalue weighted by molar-refractivity contribution is 0.282. The van der Waals surface area contributed by atoms with Crippen molar-refractivity contribution in [2.75, 3.05) is 5.32 Å². The minimum absolute atomic E-state index is 0.0399. The van der Waals surface area contributed by atoms with Crippen LogP contribution in [0.3, 0.4) is 0 Å². The van der Waals surface area contributed by atoms with Crippen molar-refractivity contribution in [1.82, 2.24) is 14.4 Å². The molecule has 3 aromatic heterocycles. The molecule has 24 heavy (non-hydrogen) atoms. The largest absolute Gasteiger partial charge is 0.467 e. The molecule has 0 saturated carbocycles. The van der Waals surface area contributed by atoms with Gasteiger partial charge in [-0.25, -0.2) is 9.97 Å². The Morgan fingerprint density at radius 3 is 2.75 bits per heavy atom. The average molecular weight is 320 g/mol. The SMILES string of the molecule is OCc1ccc(-c2cnc3c(NCc4ccco4)nccn23)cc1. The maximum absolute atomic E-state index is 9.16. The Morgan fingerprint density at radius 1 is 1.12 bits per heavy atom. The van der Waals surface area contributed by atoms with Gasteiger partial charge in [0.25, 0.3) is 0 Å². The first-order valence-corrected chi connectivity index (χ1v) is 7.63. The molecule has 6 nitrogen and oxygen atoms in total. The van der Waals surface area contributed by atoms with Crippen molar-refractivity contribution < 1.29 is 9.52 Å². The number of aliphatic hydroxyl groups is 1. The van der Waals surface area contributed by atoms with Crippen LogP contribution in [0.15, 0.2) is 65.7 Å². The second-order valence-corrected chi connectivity index (χ2v) is 5.40. The number of imidazole rings is 1. The summed E-state index contributed by atoms with van der Waals surface area (Å²) >= 11 is 0. The van der Waals surface area contributed by atoms with Crippen LogP contribution in [-0.2, 0) is 13.2 Å². The van der Waals surface area contributed by atoms with Crippen molar-refractivity contribution in [2.45, 2.75) is 13.2 Å². The molecule has 0 spiro atoms. The molecule has 0 aliphatic rings. The number of nitrogens with one attached hydrogen (secondary N) is 1. The topological polar surface area (TPSA) is 75.6 Å². The smallest absolute Gasteiger partial charge is 0.180 e. The molecule has 0 saturated heterocycles. The van der Waals surface area contributed by atoms with Gasteiger partial charge < -0.3 is 14.8 Å². The Balaban J connectivity index is 1.67. The van der Waals surface area contributed by atoms with Gasteiger partial charge in [0.15, 0.2) is 11.5 Å². The average Bonchev–Trinajstić information content (AvgIpc) is 3.30. The van der Waals surface area contributed by atoms with E-state index >= 15 is 0 Å². The molecule has 3 heterocycles. The molecule has 0 radical (unpaired) electrons. The number of hydrogen-bond donors (Lipinski definition) is 2. The van der Waals surface area contributed by atoms with Gasteiger partial charge >= 0.3 is 0 Å². The molecule has 4 rings (SSSR count). The highest BCUT2D eigenvalue weighted by molar-refractivity contribution is 5.70. The van der Waals surface area contributed by atoms with Crippen molar-refractivity contribution in [1.29, 1.82) is 0 Å². The van der Waals surface area contributed by atoms with E-state index in [-0.39, 0.29) is 6.61 Å². The quantitative estimate of drug-likeness (QED) is 0.591. The highest BCUT2D eigenvalue weighted by atomic mass is 16.3. The van der Waals surface area contributed by atoms with Crippen LogP contribution >= 0.6 is 0 Å². The van der Waals surface area contributed by atoms with Crippen molar-refractivity contribution >= 4 is 11.5 Å². The number of benzene rings is 1. The molecule has 0 unspecified atom stereocenters. The fourth-order valence-electron chi connectivity index (χ4n) is 2.62. The monoisotopic (exact) mass is 320 g/mol. The lowest BCUT2D eigenvalue weighted by atomic mass is 10.1. The van der Waals surface area contributed by atoms with E-state index in [0.29, 0.717) is 12.4 Å². The predicted octanol–water partition coefficient (Wildman–Crippen LogP) is 3.09. The molecule has 6 heteroatoms. The minimum Gasteiger partial charge on any atom is -0.467 e. The number of aliphatic hydroxyl groups excluding tert-OH is 1. The third kappa shape index (κ3) is 2.63. The van der Waals surface area contributed by atoms with Gasteiger partial charge in [0.2, 0.25) is 0 Å². The van der Waals surface area contributed by atoms with Gasteiger partial charge in [0.05, 0.1) is 31.3 Å². The molecular weight excluding hydrogens is 304 g/mol. The fraction of sp³-hybridized carbons (Fsp3) is 0.111. The number of nitrogens with zero attached hydrogens (tertiary/aromatic N) is 3. The zero-order chi connectivity index (χ0) is 16.4. The van der Waals surface area contributed by atoms with Crippen molar-refractivity contribution in [3.8, 4) is 11.3 Å². The van der Waals surface area contributed by atoms with Gasteiger partial charge in [-0.2, -0.15) is 0 Å². The first kappa shape index (κ1) is 14.5. The molecule has 0 bridgehead atoms. The molecule has 120 valence electrons. The lowest BCUT2D eigenvalue weighted by Crippen LogP contribution is -2.03. The van der Waals surface area contributed by atoms with Gasteiger partial charge in [0, 0.05) is 18.0 Å². The molecule has 0 atom stereocenters. The van der Waals surface area contributed by atoms with E-state index in [1.54, 1.807) is 12.5 Å². The van der Waals surface area contributed by atoms with Crippen LogP contribution in [0.4, 0.5) is 5.82 Å². The van der Waals surface area contributed by atoms with Gasteiger partial charge in [-0.15, -0.1) is 0 Å². The number of aromatic nitrogens is 3. The zero-order valence-electron chi connectivity index (χ0n) is 12.9. The molecule has 0 aliphatic heterocycles. The summed E-state index contributed by atoms with van der Waals surface area (Å²) in [5.41, 5.74) is 3.64. The Hall–Kier alpha value is -3.12. The Kier molecular flexibility index (Phi) is 3.72. The second kappa shape index (κ2) is 6.17. The Bertz CT molecular complexity index is 943. The summed E-state index contributed by atoms with van der Waals surface area (Å²) in [4.78, 5) is 8.87. The third-order valence-corrected chi connectivity index (χ3v) is 3.87. The number of fused-ring (bicyclic) bond motifs is 1. The highest BCUT2D eigenvalue weighted by Gasteiger charge is 2.10. The summed E-state index contributed by atoms with van der Waals surface area (Å²) in [5.74, 6) is 1.54. The molecule has 0 fully saturated rings. The number of hydrogen-bond acceptors (Lipinski definition) is 5. The molecule has 0 amide bonds. The van der Waals surface area contributed by atoms with E-state index in [1.807, 2.05) is 53.2 Å².